The van der Waals surface area contributed by atoms with Gasteiger partial charge in [0.15, 0.2) is 0 Å². The smallest absolute Gasteiger partial charge is 0.376 e. The summed E-state index contributed by atoms with van der Waals surface area (Å²) in [7, 11) is 0. The predicted octanol–water partition coefficient (Wildman–Crippen LogP) is 19.3. The number of aryl methyl sites for hydroxylation is 1. The summed E-state index contributed by atoms with van der Waals surface area (Å²) in [5.41, 5.74) is 29.1. The first kappa shape index (κ1) is 48.9. The number of hydrogen-bond acceptors (Lipinski definition) is 4. The summed E-state index contributed by atoms with van der Waals surface area (Å²) in [6, 6.07) is 53.8. The van der Waals surface area contributed by atoms with Gasteiger partial charge in [-0.05, 0) is 193 Å². The molecule has 0 saturated heterocycles. The molecular weight excluding hydrogens is 960 g/mol. The molecule has 79 heavy (non-hydrogen) atoms. The molecular formula is C74H73BN2O2. The van der Waals surface area contributed by atoms with E-state index in [1.807, 2.05) is 0 Å². The van der Waals surface area contributed by atoms with E-state index in [0.717, 1.165) is 73.9 Å². The van der Waals surface area contributed by atoms with Crippen molar-refractivity contribution < 1.29 is 8.83 Å². The summed E-state index contributed by atoms with van der Waals surface area (Å²) in [6.45, 7) is 33.5. The van der Waals surface area contributed by atoms with E-state index in [1.165, 1.54) is 102 Å². The molecule has 2 aliphatic heterocycles. The van der Waals surface area contributed by atoms with Crippen LogP contribution in [0.3, 0.4) is 0 Å². The van der Waals surface area contributed by atoms with Crippen LogP contribution in [0.15, 0.2) is 148 Å². The maximum atomic E-state index is 7.76. The van der Waals surface area contributed by atoms with Crippen LogP contribution in [0, 0.1) is 6.92 Å². The summed E-state index contributed by atoms with van der Waals surface area (Å²) in [4.78, 5) is 5.28. The van der Waals surface area contributed by atoms with Crippen LogP contribution in [0.5, 0.6) is 0 Å². The van der Waals surface area contributed by atoms with E-state index in [0.29, 0.717) is 0 Å². The van der Waals surface area contributed by atoms with Crippen LogP contribution in [0.4, 0.5) is 28.4 Å². The Balaban J connectivity index is 1.10. The third-order valence-corrected chi connectivity index (χ3v) is 20.4. The number of fused-ring (bicyclic) bond motifs is 15. The minimum atomic E-state index is -0.360. The highest BCUT2D eigenvalue weighted by Crippen LogP contribution is 2.60. The Hall–Kier alpha value is -7.24. The first-order valence-corrected chi connectivity index (χ1v) is 29.3. The van der Waals surface area contributed by atoms with Gasteiger partial charge in [0.1, 0.15) is 22.4 Å². The lowest BCUT2D eigenvalue weighted by molar-refractivity contribution is 0.331. The Kier molecular flexibility index (Phi) is 9.76. The van der Waals surface area contributed by atoms with Crippen LogP contribution in [-0.2, 0) is 32.5 Å². The third-order valence-electron chi connectivity index (χ3n) is 20.4. The molecule has 0 saturated carbocycles. The lowest BCUT2D eigenvalue weighted by Crippen LogP contribution is -2.61. The Morgan fingerprint density at radius 1 is 0.468 bits per heavy atom. The number of furan rings is 2. The fraction of sp³-hybridized carbons (Fsp3) is 0.324. The van der Waals surface area contributed by atoms with Crippen LogP contribution in [0.25, 0.3) is 66.3 Å². The van der Waals surface area contributed by atoms with Gasteiger partial charge in [0.05, 0.1) is 5.69 Å². The van der Waals surface area contributed by atoms with Crippen LogP contribution < -0.4 is 20.8 Å². The predicted molar refractivity (Wildman–Crippen MR) is 334 cm³/mol. The molecule has 4 heterocycles. The molecule has 0 unspecified atom stereocenters. The van der Waals surface area contributed by atoms with E-state index in [-0.39, 0.29) is 39.3 Å². The molecule has 0 spiro atoms. The highest BCUT2D eigenvalue weighted by molar-refractivity contribution is 6.93. The van der Waals surface area contributed by atoms with E-state index >= 15 is 0 Å². The van der Waals surface area contributed by atoms with Gasteiger partial charge in [0, 0.05) is 55.5 Å². The van der Waals surface area contributed by atoms with Crippen molar-refractivity contribution in [3.05, 3.63) is 184 Å². The summed E-state index contributed by atoms with van der Waals surface area (Å²) in [5, 5.41) is 3.35. The monoisotopic (exact) mass is 1030 g/mol. The molecule has 2 aromatic heterocycles. The van der Waals surface area contributed by atoms with Gasteiger partial charge in [0.2, 0.25) is 0 Å². The summed E-state index contributed by atoms with van der Waals surface area (Å²) in [6.07, 6.45) is 4.64. The summed E-state index contributed by atoms with van der Waals surface area (Å²) >= 11 is 0. The van der Waals surface area contributed by atoms with Crippen molar-refractivity contribution >= 4 is 79.3 Å². The zero-order valence-corrected chi connectivity index (χ0v) is 48.9. The van der Waals surface area contributed by atoms with E-state index in [1.54, 1.807) is 0 Å². The topological polar surface area (TPSA) is 32.8 Å². The van der Waals surface area contributed by atoms with Crippen molar-refractivity contribution in [2.45, 2.75) is 155 Å². The van der Waals surface area contributed by atoms with Crippen LogP contribution in [0.1, 0.15) is 160 Å². The molecule has 0 N–H and O–H groups in total. The second-order valence-electron chi connectivity index (χ2n) is 28.7. The minimum Gasteiger partial charge on any atom is -0.466 e. The van der Waals surface area contributed by atoms with Crippen molar-refractivity contribution in [3.63, 3.8) is 0 Å². The normalized spacial score (nSPS) is 18.5. The maximum Gasteiger partial charge on any atom is 0.376 e. The Labute approximate surface area is 468 Å². The molecule has 4 nitrogen and oxygen atoms in total. The lowest BCUT2D eigenvalue weighted by atomic mass is 9.45. The fourth-order valence-electron chi connectivity index (χ4n) is 15.4. The maximum absolute atomic E-state index is 7.76. The van der Waals surface area contributed by atoms with E-state index in [9.17, 15) is 0 Å². The molecule has 394 valence electrons. The zero-order valence-electron chi connectivity index (χ0n) is 48.9. The highest BCUT2D eigenvalue weighted by atomic mass is 16.3. The number of hydrogen-bond donors (Lipinski definition) is 0. The molecule has 3 aliphatic carbocycles. The zero-order chi connectivity index (χ0) is 54.8. The first-order valence-electron chi connectivity index (χ1n) is 29.3. The second kappa shape index (κ2) is 15.8. The van der Waals surface area contributed by atoms with Gasteiger partial charge >= 0.3 is 6.85 Å². The molecule has 10 aromatic rings. The van der Waals surface area contributed by atoms with Crippen molar-refractivity contribution in [1.82, 2.24) is 0 Å². The molecule has 5 heteroatoms. The molecule has 15 rings (SSSR count). The molecule has 8 aromatic carbocycles. The summed E-state index contributed by atoms with van der Waals surface area (Å²) < 4.78 is 15.1. The van der Waals surface area contributed by atoms with Crippen molar-refractivity contribution in [2.75, 3.05) is 9.71 Å². The van der Waals surface area contributed by atoms with Crippen LogP contribution in [-0.4, -0.2) is 6.85 Å². The average molecular weight is 1030 g/mol. The van der Waals surface area contributed by atoms with E-state index in [2.05, 4.69) is 246 Å². The SMILES string of the molecule is Cc1cc2c(cc1N1c3cc4c(oc5ccccc54)c4c3B(c3oc5cc(-c6ccccc6)ccc5c31)N(c1ccc(C(C)(C)C)cc1)c1cc3c(cc1-4)-c1cc4c(cc1C3(C)C)C(C)(C)CCC4(C)C)C(C)(C)CCC2(C)C. The van der Waals surface area contributed by atoms with Gasteiger partial charge < -0.3 is 18.5 Å². The minimum absolute atomic E-state index is 0.00867. The van der Waals surface area contributed by atoms with E-state index < -0.39 is 0 Å². The van der Waals surface area contributed by atoms with Gasteiger partial charge in [-0.15, -0.1) is 0 Å². The molecule has 0 fully saturated rings. The van der Waals surface area contributed by atoms with Crippen molar-refractivity contribution in [2.24, 2.45) is 0 Å². The molecule has 0 radical (unpaired) electrons. The average Bonchev–Trinajstić information content (AvgIpc) is 3.38. The van der Waals surface area contributed by atoms with Gasteiger partial charge in [-0.3, -0.25) is 0 Å². The number of benzene rings is 8. The lowest BCUT2D eigenvalue weighted by Gasteiger charge is -2.46. The second-order valence-corrected chi connectivity index (χ2v) is 28.7. The van der Waals surface area contributed by atoms with Crippen molar-refractivity contribution in [3.8, 4) is 33.4 Å². The fourth-order valence-corrected chi connectivity index (χ4v) is 15.4. The molecule has 0 atom stereocenters. The standard InChI is InChI=1S/C74H73BN2O2/c1-42-34-55-58(73(11,12)33-30-70(55,5)6)41-59(42)76-61-38-51-47-22-18-19-23-62(47)78-67(51)64-52-36-49-50-37-56-57(72(9,10)32-31-71(56,7)8)39-53(50)74(13,14)54(49)40-60(52)77(46-27-25-45(26-28-46)69(2,3)4)75(65(61)64)68-66(76)48-29-24-44(35-63(48)79-68)43-20-16-15-17-21-43/h15-29,34-41H,30-33H2,1-14H3. The van der Waals surface area contributed by atoms with Gasteiger partial charge in [-0.1, -0.05) is 169 Å². The van der Waals surface area contributed by atoms with Crippen molar-refractivity contribution in [1.29, 1.82) is 0 Å². The van der Waals surface area contributed by atoms with Crippen LogP contribution in [0.2, 0.25) is 0 Å². The quantitative estimate of drug-likeness (QED) is 0.165. The van der Waals surface area contributed by atoms with E-state index in [4.69, 9.17) is 8.83 Å². The van der Waals surface area contributed by atoms with Gasteiger partial charge in [-0.25, -0.2) is 0 Å². The molecule has 5 aliphatic rings. The highest BCUT2D eigenvalue weighted by Gasteiger charge is 2.52. The number of para-hydroxylation sites is 1. The first-order chi connectivity index (χ1) is 37.4. The molecule has 0 bridgehead atoms. The number of anilines is 5. The Bertz CT molecular complexity index is 4290. The molecule has 0 amide bonds. The summed E-state index contributed by atoms with van der Waals surface area (Å²) in [5.74, 6) is 0. The largest absolute Gasteiger partial charge is 0.466 e. The Morgan fingerprint density at radius 3 is 1.75 bits per heavy atom. The van der Waals surface area contributed by atoms with Crippen LogP contribution >= 0.6 is 0 Å². The van der Waals surface area contributed by atoms with Gasteiger partial charge in [-0.2, -0.15) is 0 Å². The third kappa shape index (κ3) is 6.74. The number of rotatable bonds is 3. The number of nitrogens with zero attached hydrogens (tertiary/aromatic N) is 2. The van der Waals surface area contributed by atoms with Gasteiger partial charge in [0.25, 0.3) is 0 Å². The Morgan fingerprint density at radius 2 is 1.06 bits per heavy atom.